The van der Waals surface area contributed by atoms with Gasteiger partial charge in [-0.25, -0.2) is 0 Å². The molecule has 1 saturated heterocycles. The Hall–Kier alpha value is -0.740. The zero-order valence-corrected chi connectivity index (χ0v) is 12.3. The van der Waals surface area contributed by atoms with E-state index in [1.807, 2.05) is 4.90 Å². The number of hydrogen-bond acceptors (Lipinski definition) is 3. The molecule has 5 heteroatoms. The fourth-order valence-corrected chi connectivity index (χ4v) is 2.58. The summed E-state index contributed by atoms with van der Waals surface area (Å²) < 4.78 is 0. The summed E-state index contributed by atoms with van der Waals surface area (Å²) in [5, 5.41) is 4.31. The lowest BCUT2D eigenvalue weighted by Gasteiger charge is -2.32. The van der Waals surface area contributed by atoms with Gasteiger partial charge in [0.15, 0.2) is 0 Å². The highest BCUT2D eigenvalue weighted by atomic mass is 35.5. The summed E-state index contributed by atoms with van der Waals surface area (Å²) in [7, 11) is 1.81. The van der Waals surface area contributed by atoms with Gasteiger partial charge in [0.1, 0.15) is 5.84 Å². The molecule has 0 aromatic carbocycles. The third kappa shape index (κ3) is 4.50. The van der Waals surface area contributed by atoms with Gasteiger partial charge in [-0.05, 0) is 39.1 Å². The standard InChI is InChI=1S/C13H25ClN4/c1-4-17(5-2)13(16-15-3)11-12(14)18-9-7-6-8-10-18/h4,12,15H,1,5-11H2,2-3H3/b16-13+. The Morgan fingerprint density at radius 1 is 1.50 bits per heavy atom. The molecule has 1 atom stereocenters. The topological polar surface area (TPSA) is 30.9 Å². The van der Waals surface area contributed by atoms with Crippen LogP contribution < -0.4 is 5.43 Å². The third-order valence-electron chi connectivity index (χ3n) is 3.27. The highest BCUT2D eigenvalue weighted by Gasteiger charge is 2.21. The molecule has 1 fully saturated rings. The molecule has 0 amide bonds. The summed E-state index contributed by atoms with van der Waals surface area (Å²) in [5.41, 5.74) is 2.87. The van der Waals surface area contributed by atoms with Crippen molar-refractivity contribution in [2.45, 2.75) is 38.1 Å². The minimum atomic E-state index is 0.0198. The molecule has 18 heavy (non-hydrogen) atoms. The summed E-state index contributed by atoms with van der Waals surface area (Å²) in [5.74, 6) is 0.945. The Kier molecular flexibility index (Phi) is 7.13. The second kappa shape index (κ2) is 8.38. The van der Waals surface area contributed by atoms with Crippen LogP contribution in [0.2, 0.25) is 0 Å². The van der Waals surface area contributed by atoms with Crippen LogP contribution in [0.25, 0.3) is 0 Å². The second-order valence-electron chi connectivity index (χ2n) is 4.46. The molecule has 0 aromatic rings. The predicted octanol–water partition coefficient (Wildman–Crippen LogP) is 2.43. The van der Waals surface area contributed by atoms with E-state index in [-0.39, 0.29) is 5.50 Å². The molecule has 1 N–H and O–H groups in total. The molecule has 0 aliphatic carbocycles. The van der Waals surface area contributed by atoms with Crippen molar-refractivity contribution in [1.82, 2.24) is 15.2 Å². The number of nitrogens with zero attached hydrogens (tertiary/aromatic N) is 3. The molecule has 1 heterocycles. The van der Waals surface area contributed by atoms with Crippen LogP contribution in [-0.4, -0.2) is 47.8 Å². The summed E-state index contributed by atoms with van der Waals surface area (Å²) in [6.45, 7) is 8.95. The second-order valence-corrected chi connectivity index (χ2v) is 4.96. The van der Waals surface area contributed by atoms with Crippen molar-refractivity contribution < 1.29 is 0 Å². The van der Waals surface area contributed by atoms with Gasteiger partial charge in [0.05, 0.1) is 5.50 Å². The number of hydrogen-bond donors (Lipinski definition) is 1. The van der Waals surface area contributed by atoms with Gasteiger partial charge >= 0.3 is 0 Å². The molecular formula is C13H25ClN4. The number of hydrazone groups is 1. The minimum Gasteiger partial charge on any atom is -0.336 e. The average molecular weight is 273 g/mol. The van der Waals surface area contributed by atoms with E-state index in [2.05, 4.69) is 28.9 Å². The maximum absolute atomic E-state index is 6.50. The van der Waals surface area contributed by atoms with Crippen LogP contribution in [0, 0.1) is 0 Å². The molecule has 1 aliphatic heterocycles. The van der Waals surface area contributed by atoms with Crippen molar-refractivity contribution in [3.8, 4) is 0 Å². The number of halogens is 1. The van der Waals surface area contributed by atoms with Crippen molar-refractivity contribution in [1.29, 1.82) is 0 Å². The lowest BCUT2D eigenvalue weighted by atomic mass is 10.1. The normalized spacial score (nSPS) is 19.4. The third-order valence-corrected chi connectivity index (χ3v) is 3.70. The van der Waals surface area contributed by atoms with Crippen LogP contribution in [-0.2, 0) is 0 Å². The maximum Gasteiger partial charge on any atom is 0.131 e. The Morgan fingerprint density at radius 2 is 2.17 bits per heavy atom. The number of likely N-dealkylation sites (tertiary alicyclic amines) is 1. The fraction of sp³-hybridized carbons (Fsp3) is 0.769. The van der Waals surface area contributed by atoms with Crippen molar-refractivity contribution >= 4 is 17.4 Å². The SMILES string of the molecule is C=CN(CC)/C(CC(Cl)N1CCCCC1)=N/NC. The van der Waals surface area contributed by atoms with Gasteiger partial charge in [0.2, 0.25) is 0 Å². The highest BCUT2D eigenvalue weighted by molar-refractivity contribution is 6.21. The Morgan fingerprint density at radius 3 is 2.67 bits per heavy atom. The van der Waals surface area contributed by atoms with Gasteiger partial charge in [-0.15, -0.1) is 11.6 Å². The highest BCUT2D eigenvalue weighted by Crippen LogP contribution is 2.18. The molecule has 0 saturated carbocycles. The fourth-order valence-electron chi connectivity index (χ4n) is 2.25. The van der Waals surface area contributed by atoms with Gasteiger partial charge in [-0.2, -0.15) is 5.10 Å². The van der Waals surface area contributed by atoms with Crippen molar-refractivity contribution in [2.24, 2.45) is 5.10 Å². The van der Waals surface area contributed by atoms with Gasteiger partial charge in [0.25, 0.3) is 0 Å². The first-order valence-electron chi connectivity index (χ1n) is 6.73. The first kappa shape index (κ1) is 15.3. The number of rotatable bonds is 6. The van der Waals surface area contributed by atoms with Crippen molar-refractivity contribution in [3.05, 3.63) is 12.8 Å². The quantitative estimate of drug-likeness (QED) is 0.265. The number of nitrogens with one attached hydrogen (secondary N) is 1. The molecular weight excluding hydrogens is 248 g/mol. The molecule has 0 aromatic heterocycles. The van der Waals surface area contributed by atoms with E-state index >= 15 is 0 Å². The van der Waals surface area contributed by atoms with E-state index < -0.39 is 0 Å². The zero-order chi connectivity index (χ0) is 13.4. The molecule has 0 spiro atoms. The van der Waals surface area contributed by atoms with Gasteiger partial charge < -0.3 is 10.3 Å². The van der Waals surface area contributed by atoms with Gasteiger partial charge in [0, 0.05) is 20.0 Å². The van der Waals surface area contributed by atoms with Gasteiger partial charge in [-0.3, -0.25) is 4.90 Å². The van der Waals surface area contributed by atoms with Crippen LogP contribution in [0.15, 0.2) is 17.9 Å². The Balaban J connectivity index is 2.59. The smallest absolute Gasteiger partial charge is 0.131 e. The summed E-state index contributed by atoms with van der Waals surface area (Å²) in [6, 6.07) is 0. The molecule has 0 radical (unpaired) electrons. The van der Waals surface area contributed by atoms with Crippen molar-refractivity contribution in [3.63, 3.8) is 0 Å². The lowest BCUT2D eigenvalue weighted by molar-refractivity contribution is 0.210. The minimum absolute atomic E-state index is 0.0198. The van der Waals surface area contributed by atoms with Crippen molar-refractivity contribution in [2.75, 3.05) is 26.7 Å². The molecule has 104 valence electrons. The van der Waals surface area contributed by atoms with Gasteiger partial charge in [-0.1, -0.05) is 13.0 Å². The van der Waals surface area contributed by atoms with E-state index in [0.717, 1.165) is 31.9 Å². The molecule has 4 nitrogen and oxygen atoms in total. The van der Waals surface area contributed by atoms with Crippen LogP contribution in [0.5, 0.6) is 0 Å². The first-order valence-corrected chi connectivity index (χ1v) is 7.17. The molecule has 0 bridgehead atoms. The largest absolute Gasteiger partial charge is 0.336 e. The van der Waals surface area contributed by atoms with E-state index in [4.69, 9.17) is 11.6 Å². The van der Waals surface area contributed by atoms with E-state index in [9.17, 15) is 0 Å². The average Bonchev–Trinajstić information content (AvgIpc) is 2.41. The maximum atomic E-state index is 6.50. The Bertz CT molecular complexity index is 274. The number of amidine groups is 1. The van der Waals surface area contributed by atoms with E-state index in [1.54, 1.807) is 13.2 Å². The summed E-state index contributed by atoms with van der Waals surface area (Å²) in [4.78, 5) is 4.36. The van der Waals surface area contributed by atoms with Crippen LogP contribution in [0.1, 0.15) is 32.6 Å². The zero-order valence-electron chi connectivity index (χ0n) is 11.5. The molecule has 1 unspecified atom stereocenters. The first-order chi connectivity index (χ1) is 8.72. The Labute approximate surface area is 116 Å². The van der Waals surface area contributed by atoms with E-state index in [0.29, 0.717) is 0 Å². The molecule has 1 aliphatic rings. The molecule has 1 rings (SSSR count). The van der Waals surface area contributed by atoms with Crippen LogP contribution in [0.3, 0.4) is 0 Å². The monoisotopic (exact) mass is 272 g/mol. The summed E-state index contributed by atoms with van der Waals surface area (Å²) in [6.07, 6.45) is 6.37. The summed E-state index contributed by atoms with van der Waals surface area (Å²) >= 11 is 6.50. The van der Waals surface area contributed by atoms with Crippen LogP contribution in [0.4, 0.5) is 0 Å². The number of alkyl halides is 1. The lowest BCUT2D eigenvalue weighted by Crippen LogP contribution is -2.40. The number of piperidine rings is 1. The van der Waals surface area contributed by atoms with E-state index in [1.165, 1.54) is 19.3 Å². The van der Waals surface area contributed by atoms with Crippen LogP contribution >= 0.6 is 11.6 Å². The predicted molar refractivity (Wildman–Crippen MR) is 78.8 cm³/mol.